The fraction of sp³-hybridized carbons (Fsp3) is 0.800. The highest BCUT2D eigenvalue weighted by molar-refractivity contribution is 5.80. The van der Waals surface area contributed by atoms with Crippen LogP contribution in [0.1, 0.15) is 19.8 Å². The van der Waals surface area contributed by atoms with E-state index in [0.717, 1.165) is 6.42 Å². The van der Waals surface area contributed by atoms with Crippen molar-refractivity contribution in [2.24, 2.45) is 11.7 Å². The second-order valence-electron chi connectivity index (χ2n) is 3.53. The van der Waals surface area contributed by atoms with E-state index in [1.807, 2.05) is 6.92 Å². The molecule has 0 saturated heterocycles. The predicted molar refractivity (Wildman–Crippen MR) is 58.9 cm³/mol. The summed E-state index contributed by atoms with van der Waals surface area (Å²) < 4.78 is 4.69. The quantitative estimate of drug-likeness (QED) is 0.527. The average Bonchev–Trinajstić information content (AvgIpc) is 2.25. The van der Waals surface area contributed by atoms with Crippen molar-refractivity contribution in [1.82, 2.24) is 5.32 Å². The first-order chi connectivity index (χ1) is 7.56. The van der Waals surface area contributed by atoms with Crippen molar-refractivity contribution < 1.29 is 19.4 Å². The zero-order chi connectivity index (χ0) is 12.6. The lowest BCUT2D eigenvalue weighted by molar-refractivity contribution is -0.148. The fourth-order valence-corrected chi connectivity index (χ4v) is 1.31. The standard InChI is InChI=1S/C10H20N2O4/c1-3-4-7(5-11)9(13)12-6-8(16-2)10(14)15/h7-8H,3-6,11H2,1-2H3,(H,12,13)(H,14,15). The highest BCUT2D eigenvalue weighted by atomic mass is 16.5. The van der Waals surface area contributed by atoms with Crippen LogP contribution in [0, 0.1) is 5.92 Å². The SMILES string of the molecule is CCCC(CN)C(=O)NCC(OC)C(=O)O. The third kappa shape index (κ3) is 5.09. The number of hydrogen-bond acceptors (Lipinski definition) is 4. The van der Waals surface area contributed by atoms with Crippen LogP contribution >= 0.6 is 0 Å². The third-order valence-corrected chi connectivity index (χ3v) is 2.31. The minimum absolute atomic E-state index is 0.0368. The molecule has 0 spiro atoms. The van der Waals surface area contributed by atoms with Crippen LogP contribution in [0.2, 0.25) is 0 Å². The van der Waals surface area contributed by atoms with Crippen molar-refractivity contribution in [2.45, 2.75) is 25.9 Å². The molecule has 0 fully saturated rings. The molecule has 2 unspecified atom stereocenters. The Hall–Kier alpha value is -1.14. The van der Waals surface area contributed by atoms with Crippen molar-refractivity contribution >= 4 is 11.9 Å². The predicted octanol–water partition coefficient (Wildman–Crippen LogP) is -0.423. The first-order valence-electron chi connectivity index (χ1n) is 5.30. The van der Waals surface area contributed by atoms with Gasteiger partial charge in [0.05, 0.1) is 12.5 Å². The number of carboxylic acids is 1. The monoisotopic (exact) mass is 232 g/mol. The molecule has 4 N–H and O–H groups in total. The number of nitrogens with two attached hydrogens (primary N) is 1. The number of carboxylic acid groups (broad SMARTS) is 1. The Kier molecular flexibility index (Phi) is 7.49. The van der Waals surface area contributed by atoms with Crippen molar-refractivity contribution in [3.63, 3.8) is 0 Å². The van der Waals surface area contributed by atoms with Crippen molar-refractivity contribution in [2.75, 3.05) is 20.2 Å². The third-order valence-electron chi connectivity index (χ3n) is 2.31. The number of amides is 1. The summed E-state index contributed by atoms with van der Waals surface area (Å²) in [6.07, 6.45) is 0.554. The summed E-state index contributed by atoms with van der Waals surface area (Å²) in [6, 6.07) is 0. The van der Waals surface area contributed by atoms with Gasteiger partial charge in [0.1, 0.15) is 0 Å². The van der Waals surface area contributed by atoms with E-state index < -0.39 is 12.1 Å². The molecule has 1 amide bonds. The fourth-order valence-electron chi connectivity index (χ4n) is 1.31. The summed E-state index contributed by atoms with van der Waals surface area (Å²) in [7, 11) is 1.29. The first kappa shape index (κ1) is 14.9. The van der Waals surface area contributed by atoms with E-state index in [1.54, 1.807) is 0 Å². The number of rotatable bonds is 8. The van der Waals surface area contributed by atoms with Gasteiger partial charge < -0.3 is 20.9 Å². The zero-order valence-electron chi connectivity index (χ0n) is 9.73. The maximum atomic E-state index is 11.6. The highest BCUT2D eigenvalue weighted by Crippen LogP contribution is 2.04. The molecule has 0 heterocycles. The van der Waals surface area contributed by atoms with Gasteiger partial charge in [-0.05, 0) is 6.42 Å². The van der Waals surface area contributed by atoms with E-state index in [0.29, 0.717) is 6.42 Å². The number of methoxy groups -OCH3 is 1. The second kappa shape index (κ2) is 8.06. The van der Waals surface area contributed by atoms with Crippen LogP contribution < -0.4 is 11.1 Å². The van der Waals surface area contributed by atoms with Crippen LogP contribution in [0.4, 0.5) is 0 Å². The molecule has 6 nitrogen and oxygen atoms in total. The Balaban J connectivity index is 4.07. The van der Waals surface area contributed by atoms with Gasteiger partial charge in [0.25, 0.3) is 0 Å². The topological polar surface area (TPSA) is 102 Å². The summed E-state index contributed by atoms with van der Waals surface area (Å²) in [4.78, 5) is 22.2. The summed E-state index contributed by atoms with van der Waals surface area (Å²) in [6.45, 7) is 2.19. The molecule has 94 valence electrons. The molecule has 16 heavy (non-hydrogen) atoms. The molecular weight excluding hydrogens is 212 g/mol. The van der Waals surface area contributed by atoms with Crippen LogP contribution in [0.5, 0.6) is 0 Å². The van der Waals surface area contributed by atoms with Crippen molar-refractivity contribution in [1.29, 1.82) is 0 Å². The van der Waals surface area contributed by atoms with Crippen LogP contribution in [-0.2, 0) is 14.3 Å². The lowest BCUT2D eigenvalue weighted by Crippen LogP contribution is -2.42. The van der Waals surface area contributed by atoms with Gasteiger partial charge in [0.2, 0.25) is 5.91 Å². The van der Waals surface area contributed by atoms with E-state index in [9.17, 15) is 9.59 Å². The Morgan fingerprint density at radius 3 is 2.50 bits per heavy atom. The lowest BCUT2D eigenvalue weighted by atomic mass is 10.0. The molecule has 0 aliphatic carbocycles. The first-order valence-corrected chi connectivity index (χ1v) is 5.30. The van der Waals surface area contributed by atoms with Gasteiger partial charge in [-0.3, -0.25) is 4.79 Å². The van der Waals surface area contributed by atoms with Gasteiger partial charge in [-0.2, -0.15) is 0 Å². The Bertz CT molecular complexity index is 233. The number of ether oxygens (including phenoxy) is 1. The van der Waals surface area contributed by atoms with Gasteiger partial charge in [0.15, 0.2) is 6.10 Å². The lowest BCUT2D eigenvalue weighted by Gasteiger charge is -2.16. The Morgan fingerprint density at radius 1 is 1.50 bits per heavy atom. The van der Waals surface area contributed by atoms with E-state index >= 15 is 0 Å². The van der Waals surface area contributed by atoms with Crippen LogP contribution in [0.25, 0.3) is 0 Å². The highest BCUT2D eigenvalue weighted by Gasteiger charge is 2.20. The Labute approximate surface area is 95.1 Å². The summed E-state index contributed by atoms with van der Waals surface area (Å²) in [5.41, 5.74) is 5.45. The summed E-state index contributed by atoms with van der Waals surface area (Å²) >= 11 is 0. The second-order valence-corrected chi connectivity index (χ2v) is 3.53. The number of aliphatic carboxylic acids is 1. The smallest absolute Gasteiger partial charge is 0.334 e. The number of hydrogen-bond donors (Lipinski definition) is 3. The molecule has 0 aliphatic rings. The Morgan fingerprint density at radius 2 is 2.12 bits per heavy atom. The molecule has 0 rings (SSSR count). The summed E-state index contributed by atoms with van der Waals surface area (Å²) in [5.74, 6) is -1.56. The molecule has 0 saturated carbocycles. The molecule has 0 bridgehead atoms. The molecule has 0 aliphatic heterocycles. The molecule has 6 heteroatoms. The van der Waals surface area contributed by atoms with E-state index in [1.165, 1.54) is 7.11 Å². The molecule has 0 radical (unpaired) electrons. The van der Waals surface area contributed by atoms with Gasteiger partial charge in [-0.15, -0.1) is 0 Å². The maximum Gasteiger partial charge on any atom is 0.334 e. The molecule has 0 aromatic heterocycles. The zero-order valence-corrected chi connectivity index (χ0v) is 9.73. The van der Waals surface area contributed by atoms with Crippen LogP contribution in [0.3, 0.4) is 0 Å². The van der Waals surface area contributed by atoms with Crippen LogP contribution in [0.15, 0.2) is 0 Å². The van der Waals surface area contributed by atoms with Crippen LogP contribution in [-0.4, -0.2) is 43.3 Å². The molecule has 0 aromatic carbocycles. The number of carbonyl (C=O) groups is 2. The van der Waals surface area contributed by atoms with Crippen molar-refractivity contribution in [3.8, 4) is 0 Å². The van der Waals surface area contributed by atoms with Gasteiger partial charge in [0, 0.05) is 13.7 Å². The van der Waals surface area contributed by atoms with E-state index in [4.69, 9.17) is 10.8 Å². The van der Waals surface area contributed by atoms with Gasteiger partial charge in [-0.25, -0.2) is 4.79 Å². The number of nitrogens with one attached hydrogen (secondary N) is 1. The van der Waals surface area contributed by atoms with E-state index in [-0.39, 0.29) is 24.9 Å². The number of carbonyl (C=O) groups excluding carboxylic acids is 1. The average molecular weight is 232 g/mol. The molecule has 0 aromatic rings. The largest absolute Gasteiger partial charge is 0.479 e. The summed E-state index contributed by atoms with van der Waals surface area (Å²) in [5, 5.41) is 11.2. The van der Waals surface area contributed by atoms with E-state index in [2.05, 4.69) is 10.1 Å². The normalized spacial score (nSPS) is 14.2. The van der Waals surface area contributed by atoms with Crippen molar-refractivity contribution in [3.05, 3.63) is 0 Å². The minimum Gasteiger partial charge on any atom is -0.479 e. The van der Waals surface area contributed by atoms with Gasteiger partial charge >= 0.3 is 5.97 Å². The maximum absolute atomic E-state index is 11.6. The molecular formula is C10H20N2O4. The molecule has 2 atom stereocenters. The minimum atomic E-state index is -1.09. The van der Waals surface area contributed by atoms with Gasteiger partial charge in [-0.1, -0.05) is 13.3 Å².